The molecule has 3 atom stereocenters. The Morgan fingerprint density at radius 2 is 1.80 bits per heavy atom. The highest BCUT2D eigenvalue weighted by atomic mass is 32.1. The van der Waals surface area contributed by atoms with Crippen molar-refractivity contribution in [3.8, 4) is 11.1 Å². The fourth-order valence-corrected chi connectivity index (χ4v) is 7.15. The predicted octanol–water partition coefficient (Wildman–Crippen LogP) is 4.73. The van der Waals surface area contributed by atoms with Gasteiger partial charge in [0, 0.05) is 52.0 Å². The Bertz CT molecular complexity index is 1800. The number of nitrogens with two attached hydrogens (primary N) is 1. The van der Waals surface area contributed by atoms with E-state index in [0.717, 1.165) is 4.90 Å². The van der Waals surface area contributed by atoms with Gasteiger partial charge in [-0.2, -0.15) is 8.78 Å². The van der Waals surface area contributed by atoms with Crippen molar-refractivity contribution in [2.75, 3.05) is 26.3 Å². The molecule has 0 saturated carbocycles. The first kappa shape index (κ1) is 36.5. The smallest absolute Gasteiger partial charge is 0.303 e. The van der Waals surface area contributed by atoms with Crippen molar-refractivity contribution in [2.24, 2.45) is 5.73 Å². The first-order chi connectivity index (χ1) is 23.7. The third-order valence-corrected chi connectivity index (χ3v) is 9.96. The molecule has 50 heavy (non-hydrogen) atoms. The molecule has 0 unspecified atom stereocenters. The van der Waals surface area contributed by atoms with E-state index in [0.29, 0.717) is 35.3 Å². The zero-order valence-corrected chi connectivity index (χ0v) is 28.1. The quantitative estimate of drug-likeness (QED) is 0.0860. The summed E-state index contributed by atoms with van der Waals surface area (Å²) in [6, 6.07) is 9.67. The topological polar surface area (TPSA) is 175 Å². The molecular formula is C35H38F3N5O6S. The number of likely N-dealkylation sites (tertiary alicyclic amines) is 1. The number of thiophene rings is 1. The summed E-state index contributed by atoms with van der Waals surface area (Å²) in [5, 5.41) is 23.4. The number of unbranched alkanes of at least 4 members (excludes halogenated alkanes) is 2. The number of aliphatic carboxylic acids is 1. The monoisotopic (exact) mass is 713 g/mol. The molecule has 3 aromatic rings. The standard InChI is InChI=1S/C35H38F3N5O6S/c1-20(28-14-22(17-50-28)31(39)40)42-33(48)27-15-34(36,19-49-12-6-2-3-9-30(45)46)18-43(27)29(44)16-41-32(47)21-10-11-26-24(13-21)23-7-4-5-8-25(23)35(26,37)38/h4-5,7-8,10-11,13-14,17,20,27H,2-3,6,9,12,15-16,18-19H2,1H3,(H3,39,40)(H,41,47)(H,42,48)(H,45,46)/t20-,27+,34-/m1/s1. The number of carboxylic acid groups (broad SMARTS) is 1. The molecule has 3 amide bonds. The normalized spacial score (nSPS) is 19.4. The number of nitrogen functional groups attached to an aromatic ring is 1. The Morgan fingerprint density at radius 1 is 1.06 bits per heavy atom. The SMILES string of the molecule is C[C@@H](NC(=O)[C@@H]1C[C@](F)(COCCCCCC(=O)O)CN1C(=O)CNC(=O)c1ccc2c(c1)-c1ccccc1C2(F)F)c1cc(C(=N)N)cs1. The third kappa shape index (κ3) is 7.99. The number of fused-ring (bicyclic) bond motifs is 3. The maximum atomic E-state index is 16.2. The van der Waals surface area contributed by atoms with Crippen molar-refractivity contribution < 1.29 is 42.2 Å². The zero-order valence-electron chi connectivity index (χ0n) is 27.3. The molecule has 0 radical (unpaired) electrons. The largest absolute Gasteiger partial charge is 0.481 e. The van der Waals surface area contributed by atoms with Crippen molar-refractivity contribution in [3.63, 3.8) is 0 Å². The first-order valence-corrected chi connectivity index (χ1v) is 17.0. The first-order valence-electron chi connectivity index (χ1n) is 16.1. The van der Waals surface area contributed by atoms with E-state index in [4.69, 9.17) is 21.0 Å². The number of nitrogens with one attached hydrogen (secondary N) is 3. The van der Waals surface area contributed by atoms with Crippen LogP contribution in [0.15, 0.2) is 53.9 Å². The highest BCUT2D eigenvalue weighted by Crippen LogP contribution is 2.51. The van der Waals surface area contributed by atoms with E-state index in [1.165, 1.54) is 41.7 Å². The van der Waals surface area contributed by atoms with E-state index >= 15 is 4.39 Å². The second-order valence-corrected chi connectivity index (χ2v) is 13.5. The van der Waals surface area contributed by atoms with E-state index in [1.54, 1.807) is 30.5 Å². The Balaban J connectivity index is 1.25. The number of carbonyl (C=O) groups is 4. The summed E-state index contributed by atoms with van der Waals surface area (Å²) in [5.74, 6) is -6.32. The maximum Gasteiger partial charge on any atom is 0.303 e. The Labute approximate surface area is 290 Å². The molecular weight excluding hydrogens is 675 g/mol. The van der Waals surface area contributed by atoms with Crippen molar-refractivity contribution in [3.05, 3.63) is 81.0 Å². The number of ether oxygens (including phenoxy) is 1. The number of nitrogens with zero attached hydrogens (tertiary/aromatic N) is 1. The minimum Gasteiger partial charge on any atom is -0.481 e. The number of hydrogen-bond acceptors (Lipinski definition) is 7. The van der Waals surface area contributed by atoms with Crippen LogP contribution in [0.5, 0.6) is 0 Å². The summed E-state index contributed by atoms with van der Waals surface area (Å²) >= 11 is 1.28. The number of alkyl halides is 3. The molecule has 0 spiro atoms. The second-order valence-electron chi connectivity index (χ2n) is 12.6. The summed E-state index contributed by atoms with van der Waals surface area (Å²) < 4.78 is 51.7. The lowest BCUT2D eigenvalue weighted by Crippen LogP contribution is -2.49. The number of hydrogen-bond donors (Lipinski definition) is 5. The van der Waals surface area contributed by atoms with Gasteiger partial charge in [-0.3, -0.25) is 24.6 Å². The lowest BCUT2D eigenvalue weighted by atomic mass is 10.0. The minimum absolute atomic E-state index is 0.0216. The zero-order chi connectivity index (χ0) is 36.2. The summed E-state index contributed by atoms with van der Waals surface area (Å²) in [4.78, 5) is 52.6. The second kappa shape index (κ2) is 15.0. The number of amidine groups is 1. The summed E-state index contributed by atoms with van der Waals surface area (Å²) in [6.45, 7) is 0.392. The molecule has 0 bridgehead atoms. The van der Waals surface area contributed by atoms with E-state index in [1.807, 2.05) is 0 Å². The number of benzene rings is 2. The van der Waals surface area contributed by atoms with Gasteiger partial charge < -0.3 is 31.1 Å². The van der Waals surface area contributed by atoms with Crippen molar-refractivity contribution in [1.82, 2.24) is 15.5 Å². The summed E-state index contributed by atoms with van der Waals surface area (Å²) in [7, 11) is 0. The van der Waals surface area contributed by atoms with Gasteiger partial charge in [0.25, 0.3) is 11.8 Å². The van der Waals surface area contributed by atoms with Gasteiger partial charge in [-0.15, -0.1) is 11.3 Å². The highest BCUT2D eigenvalue weighted by molar-refractivity contribution is 7.10. The van der Waals surface area contributed by atoms with Crippen molar-refractivity contribution in [1.29, 1.82) is 5.41 Å². The Kier molecular flexibility index (Phi) is 11.0. The van der Waals surface area contributed by atoms with Crippen LogP contribution in [0.3, 0.4) is 0 Å². The molecule has 1 aliphatic heterocycles. The van der Waals surface area contributed by atoms with Crippen LogP contribution in [-0.2, 0) is 25.0 Å². The number of carbonyl (C=O) groups excluding carboxylic acids is 3. The van der Waals surface area contributed by atoms with Crippen LogP contribution in [0.1, 0.15) is 77.0 Å². The molecule has 5 rings (SSSR count). The molecule has 6 N–H and O–H groups in total. The lowest BCUT2D eigenvalue weighted by Gasteiger charge is -2.25. The van der Waals surface area contributed by atoms with Crippen LogP contribution in [0.4, 0.5) is 13.2 Å². The molecule has 266 valence electrons. The van der Waals surface area contributed by atoms with Gasteiger partial charge in [-0.05, 0) is 49.1 Å². The molecule has 1 aromatic heterocycles. The van der Waals surface area contributed by atoms with Crippen molar-refractivity contribution in [2.45, 2.75) is 62.7 Å². The van der Waals surface area contributed by atoms with E-state index < -0.39 is 67.1 Å². The number of halogens is 3. The van der Waals surface area contributed by atoms with Crippen LogP contribution in [0.25, 0.3) is 11.1 Å². The van der Waals surface area contributed by atoms with Crippen LogP contribution in [0, 0.1) is 5.41 Å². The fraction of sp³-hybridized carbons (Fsp3) is 0.400. The van der Waals surface area contributed by atoms with Gasteiger partial charge in [-0.1, -0.05) is 36.8 Å². The summed E-state index contributed by atoms with van der Waals surface area (Å²) in [5.41, 5.74) is 4.13. The van der Waals surface area contributed by atoms with Crippen molar-refractivity contribution >= 4 is 40.9 Å². The lowest BCUT2D eigenvalue weighted by molar-refractivity contribution is -0.138. The van der Waals surface area contributed by atoms with Crippen LogP contribution >= 0.6 is 11.3 Å². The molecule has 2 aliphatic rings. The van der Waals surface area contributed by atoms with Crippen LogP contribution < -0.4 is 16.4 Å². The van der Waals surface area contributed by atoms with E-state index in [2.05, 4.69) is 10.6 Å². The van der Waals surface area contributed by atoms with Gasteiger partial charge in [0.2, 0.25) is 11.8 Å². The molecule has 15 heteroatoms. The number of carboxylic acids is 1. The Morgan fingerprint density at radius 3 is 2.52 bits per heavy atom. The molecule has 1 fully saturated rings. The van der Waals surface area contributed by atoms with Crippen LogP contribution in [0.2, 0.25) is 0 Å². The molecule has 2 heterocycles. The average Bonchev–Trinajstić information content (AvgIpc) is 3.77. The van der Waals surface area contributed by atoms with E-state index in [9.17, 15) is 28.0 Å². The highest BCUT2D eigenvalue weighted by Gasteiger charge is 2.50. The van der Waals surface area contributed by atoms with E-state index in [-0.39, 0.29) is 47.5 Å². The maximum absolute atomic E-state index is 16.2. The molecule has 2 aromatic carbocycles. The Hall–Kier alpha value is -4.76. The van der Waals surface area contributed by atoms with Gasteiger partial charge >= 0.3 is 5.97 Å². The summed E-state index contributed by atoms with van der Waals surface area (Å²) in [6.07, 6.45) is 1.19. The molecule has 1 saturated heterocycles. The predicted molar refractivity (Wildman–Crippen MR) is 180 cm³/mol. The van der Waals surface area contributed by atoms with Gasteiger partial charge in [0.1, 0.15) is 11.9 Å². The minimum atomic E-state index is -3.22. The molecule has 1 aliphatic carbocycles. The van der Waals surface area contributed by atoms with Gasteiger partial charge in [-0.25, -0.2) is 4.39 Å². The fourth-order valence-electron chi connectivity index (χ4n) is 6.23. The van der Waals surface area contributed by atoms with Crippen LogP contribution in [-0.4, -0.2) is 77.5 Å². The number of amides is 3. The average molecular weight is 714 g/mol. The number of rotatable bonds is 15. The van der Waals surface area contributed by atoms with Gasteiger partial charge in [0.15, 0.2) is 5.67 Å². The molecule has 11 nitrogen and oxygen atoms in total. The van der Waals surface area contributed by atoms with Gasteiger partial charge in [0.05, 0.1) is 25.7 Å². The third-order valence-electron chi connectivity index (χ3n) is 8.84.